The summed E-state index contributed by atoms with van der Waals surface area (Å²) in [6.07, 6.45) is -0.496. The largest absolute Gasteiger partial charge is 0.460 e. The van der Waals surface area contributed by atoms with E-state index in [0.717, 1.165) is 16.8 Å². The molecular weight excluding hydrogens is 491 g/mol. The highest BCUT2D eigenvalue weighted by molar-refractivity contribution is 6.33. The van der Waals surface area contributed by atoms with Gasteiger partial charge in [0.15, 0.2) is 5.78 Å². The third kappa shape index (κ3) is 6.40. The predicted octanol–water partition coefficient (Wildman–Crippen LogP) is 7.72. The molecule has 0 spiro atoms. The Morgan fingerprint density at radius 1 is 0.973 bits per heavy atom. The van der Waals surface area contributed by atoms with Crippen molar-refractivity contribution >= 4 is 34.9 Å². The number of anilines is 2. The number of nitrogens with one attached hydrogen (secondary N) is 1. The molecule has 0 aliphatic carbocycles. The second-order valence-corrected chi connectivity index (χ2v) is 9.22. The van der Waals surface area contributed by atoms with E-state index < -0.39 is 24.0 Å². The van der Waals surface area contributed by atoms with Gasteiger partial charge in [0.2, 0.25) is 0 Å². The van der Waals surface area contributed by atoms with E-state index >= 15 is 0 Å². The molecule has 1 heterocycles. The maximum atomic E-state index is 14.6. The van der Waals surface area contributed by atoms with Crippen LogP contribution in [0.2, 0.25) is 5.02 Å². The highest BCUT2D eigenvalue weighted by Gasteiger charge is 2.22. The molecular formula is C30H26ClFN2O3. The molecule has 0 saturated carbocycles. The van der Waals surface area contributed by atoms with Crippen molar-refractivity contribution < 1.29 is 18.7 Å². The first-order chi connectivity index (χ1) is 17.8. The first kappa shape index (κ1) is 26.0. The van der Waals surface area contributed by atoms with Crippen molar-refractivity contribution in [2.75, 3.05) is 5.32 Å². The molecule has 0 fully saturated rings. The van der Waals surface area contributed by atoms with E-state index in [-0.39, 0.29) is 40.2 Å². The number of aromatic nitrogens is 1. The number of ketones is 1. The Hall–Kier alpha value is -4.03. The van der Waals surface area contributed by atoms with E-state index in [2.05, 4.69) is 24.1 Å². The lowest BCUT2D eigenvalue weighted by molar-refractivity contribution is -0.143. The Kier molecular flexibility index (Phi) is 8.31. The molecule has 4 aromatic rings. The van der Waals surface area contributed by atoms with Crippen LogP contribution in [-0.4, -0.2) is 16.7 Å². The van der Waals surface area contributed by atoms with Gasteiger partial charge in [-0.2, -0.15) is 0 Å². The molecule has 0 saturated heterocycles. The van der Waals surface area contributed by atoms with Crippen LogP contribution in [0.3, 0.4) is 0 Å². The number of Topliss-reactive ketones (excluding diaryl/α,β-unsaturated/α-hetero) is 1. The van der Waals surface area contributed by atoms with E-state index in [9.17, 15) is 14.0 Å². The summed E-state index contributed by atoms with van der Waals surface area (Å²) in [5.74, 6) is -1.31. The number of carbonyl (C=O) groups is 2. The van der Waals surface area contributed by atoms with E-state index in [0.29, 0.717) is 0 Å². The topological polar surface area (TPSA) is 68.3 Å². The Morgan fingerprint density at radius 2 is 1.65 bits per heavy atom. The lowest BCUT2D eigenvalue weighted by Gasteiger charge is -2.18. The molecule has 37 heavy (non-hydrogen) atoms. The number of para-hydroxylation sites is 1. The third-order valence-electron chi connectivity index (χ3n) is 5.79. The molecule has 0 aliphatic rings. The van der Waals surface area contributed by atoms with Gasteiger partial charge >= 0.3 is 5.97 Å². The van der Waals surface area contributed by atoms with E-state index in [4.69, 9.17) is 16.3 Å². The number of hydrogen-bond acceptors (Lipinski definition) is 5. The van der Waals surface area contributed by atoms with Crippen molar-refractivity contribution in [3.05, 3.63) is 112 Å². The number of ether oxygens (including phenoxy) is 1. The number of carbonyl (C=O) groups excluding carboxylic acids is 2. The van der Waals surface area contributed by atoms with Crippen molar-refractivity contribution in [1.82, 2.24) is 4.98 Å². The lowest BCUT2D eigenvalue weighted by atomic mass is 10.0. The van der Waals surface area contributed by atoms with Gasteiger partial charge in [-0.25, -0.2) is 9.37 Å². The zero-order valence-electron chi connectivity index (χ0n) is 20.5. The smallest absolute Gasteiger partial charge is 0.314 e. The van der Waals surface area contributed by atoms with Crippen LogP contribution in [0.5, 0.6) is 0 Å². The summed E-state index contributed by atoms with van der Waals surface area (Å²) in [5, 5.41) is 3.32. The summed E-state index contributed by atoms with van der Waals surface area (Å²) >= 11 is 6.49. The van der Waals surface area contributed by atoms with Gasteiger partial charge in [-0.3, -0.25) is 9.59 Å². The fourth-order valence-corrected chi connectivity index (χ4v) is 4.15. The van der Waals surface area contributed by atoms with Crippen LogP contribution in [0.1, 0.15) is 47.7 Å². The molecule has 4 rings (SSSR count). The van der Waals surface area contributed by atoms with Crippen LogP contribution in [0.25, 0.3) is 11.3 Å². The number of pyridine rings is 1. The maximum Gasteiger partial charge on any atom is 0.314 e. The quantitative estimate of drug-likeness (QED) is 0.140. The Labute approximate surface area is 220 Å². The Balaban J connectivity index is 1.68. The van der Waals surface area contributed by atoms with Crippen molar-refractivity contribution in [3.63, 3.8) is 0 Å². The van der Waals surface area contributed by atoms with Crippen molar-refractivity contribution in [1.29, 1.82) is 0 Å². The van der Waals surface area contributed by atoms with Crippen molar-refractivity contribution in [2.45, 2.75) is 32.8 Å². The molecule has 0 unspecified atom stereocenters. The molecule has 0 radical (unpaired) electrons. The first-order valence-electron chi connectivity index (χ1n) is 11.9. The fourth-order valence-electron chi connectivity index (χ4n) is 3.90. The number of nitrogens with zero attached hydrogens (tertiary/aromatic N) is 1. The average Bonchev–Trinajstić information content (AvgIpc) is 2.89. The minimum Gasteiger partial charge on any atom is -0.460 e. The maximum absolute atomic E-state index is 14.6. The second-order valence-electron chi connectivity index (χ2n) is 8.81. The summed E-state index contributed by atoms with van der Waals surface area (Å²) in [5.41, 5.74) is 3.07. The first-order valence-corrected chi connectivity index (χ1v) is 12.3. The fraction of sp³-hybridized carbons (Fsp3) is 0.167. The van der Waals surface area contributed by atoms with Crippen molar-refractivity contribution in [2.24, 2.45) is 0 Å². The number of rotatable bonds is 9. The van der Waals surface area contributed by atoms with Crippen LogP contribution < -0.4 is 5.32 Å². The number of hydrogen-bond donors (Lipinski definition) is 1. The van der Waals surface area contributed by atoms with Gasteiger partial charge < -0.3 is 10.1 Å². The van der Waals surface area contributed by atoms with Gasteiger partial charge in [0, 0.05) is 11.3 Å². The molecule has 1 aromatic heterocycles. The minimum atomic E-state index is -0.670. The number of esters is 1. The minimum absolute atomic E-state index is 0.0606. The monoisotopic (exact) mass is 516 g/mol. The summed E-state index contributed by atoms with van der Waals surface area (Å²) in [7, 11) is 0. The summed E-state index contributed by atoms with van der Waals surface area (Å²) < 4.78 is 19.9. The van der Waals surface area contributed by atoms with Gasteiger partial charge in [-0.05, 0) is 41.3 Å². The van der Waals surface area contributed by atoms with Crippen LogP contribution in [0.4, 0.5) is 15.9 Å². The second kappa shape index (κ2) is 11.8. The molecule has 0 aliphatic heterocycles. The third-order valence-corrected chi connectivity index (χ3v) is 6.08. The average molecular weight is 517 g/mol. The zero-order valence-corrected chi connectivity index (χ0v) is 21.3. The normalized spacial score (nSPS) is 10.8. The molecule has 188 valence electrons. The van der Waals surface area contributed by atoms with E-state index in [1.165, 1.54) is 12.1 Å². The zero-order chi connectivity index (χ0) is 26.4. The van der Waals surface area contributed by atoms with Gasteiger partial charge in [-0.15, -0.1) is 0 Å². The SMILES string of the molecule is CC(C)c1ccccc1Nc1nc(-c2ccccc2F)c(Cl)cc1C(=O)CC(=O)OCc1ccccc1. The molecule has 0 atom stereocenters. The summed E-state index contributed by atoms with van der Waals surface area (Å²) in [4.78, 5) is 30.3. The summed E-state index contributed by atoms with van der Waals surface area (Å²) in [6, 6.07) is 24.4. The Morgan fingerprint density at radius 3 is 2.38 bits per heavy atom. The van der Waals surface area contributed by atoms with Gasteiger partial charge in [0.05, 0.1) is 16.3 Å². The Bertz CT molecular complexity index is 1420. The van der Waals surface area contributed by atoms with Crippen LogP contribution in [0, 0.1) is 5.82 Å². The molecule has 3 aromatic carbocycles. The van der Waals surface area contributed by atoms with E-state index in [1.54, 1.807) is 18.2 Å². The highest BCUT2D eigenvalue weighted by Crippen LogP contribution is 2.34. The lowest BCUT2D eigenvalue weighted by Crippen LogP contribution is -2.14. The molecule has 7 heteroatoms. The van der Waals surface area contributed by atoms with Crippen LogP contribution in [-0.2, 0) is 16.1 Å². The highest BCUT2D eigenvalue weighted by atomic mass is 35.5. The number of halogens is 2. The molecule has 0 amide bonds. The number of benzene rings is 3. The molecule has 5 nitrogen and oxygen atoms in total. The molecule has 1 N–H and O–H groups in total. The molecule has 0 bridgehead atoms. The van der Waals surface area contributed by atoms with Gasteiger partial charge in [0.25, 0.3) is 0 Å². The van der Waals surface area contributed by atoms with Crippen LogP contribution >= 0.6 is 11.6 Å². The van der Waals surface area contributed by atoms with E-state index in [1.807, 2.05) is 54.6 Å². The van der Waals surface area contributed by atoms with Gasteiger partial charge in [0.1, 0.15) is 24.7 Å². The standard InChI is InChI=1S/C30H26ClFN2O3/c1-19(2)21-12-7-9-15-26(21)33-30-23(16-24(31)29(34-30)22-13-6-8-14-25(22)32)27(35)17-28(36)37-18-20-10-4-3-5-11-20/h3-16,19H,17-18H2,1-2H3,(H,33,34). The van der Waals surface area contributed by atoms with Crippen molar-refractivity contribution in [3.8, 4) is 11.3 Å². The van der Waals surface area contributed by atoms with Crippen LogP contribution in [0.15, 0.2) is 84.9 Å². The summed E-state index contributed by atoms with van der Waals surface area (Å²) in [6.45, 7) is 4.16. The predicted molar refractivity (Wildman–Crippen MR) is 144 cm³/mol. The van der Waals surface area contributed by atoms with Gasteiger partial charge in [-0.1, -0.05) is 86.1 Å².